The number of benzene rings is 2. The van der Waals surface area contributed by atoms with Crippen molar-refractivity contribution in [1.29, 1.82) is 0 Å². The quantitative estimate of drug-likeness (QED) is 0.293. The van der Waals surface area contributed by atoms with Crippen LogP contribution in [0, 0.1) is 0 Å². The highest BCUT2D eigenvalue weighted by atomic mass is 35.5. The van der Waals surface area contributed by atoms with Crippen LogP contribution in [0.1, 0.15) is 26.9 Å². The lowest BCUT2D eigenvalue weighted by molar-refractivity contribution is -0.0570. The number of esters is 2. The Balaban J connectivity index is 1.40. The normalized spacial score (nSPS) is 21.7. The molecule has 0 saturated carbocycles. The summed E-state index contributed by atoms with van der Waals surface area (Å²) in [4.78, 5) is 37.2. The molecule has 0 N–H and O–H groups in total. The molecule has 0 amide bonds. The van der Waals surface area contributed by atoms with E-state index in [4.69, 9.17) is 25.8 Å². The smallest absolute Gasteiger partial charge is 0.338 e. The first-order valence-electron chi connectivity index (χ1n) is 10.6. The number of carbonyl (C=O) groups excluding carboxylic acids is 2. The van der Waals surface area contributed by atoms with Crippen molar-refractivity contribution in [2.75, 3.05) is 6.61 Å². The first-order valence-corrected chi connectivity index (χ1v) is 11.0. The van der Waals surface area contributed by atoms with E-state index in [9.17, 15) is 9.59 Å². The number of carbonyl (C=O) groups is 2. The van der Waals surface area contributed by atoms with Crippen LogP contribution in [-0.2, 0) is 14.2 Å². The topological polar surface area (TPSA) is 105 Å². The van der Waals surface area contributed by atoms with Gasteiger partial charge in [0, 0.05) is 0 Å². The molecule has 1 aliphatic rings. The number of hydrogen-bond donors (Lipinski definition) is 0. The summed E-state index contributed by atoms with van der Waals surface area (Å²) >= 11 is 6.06. The summed E-state index contributed by atoms with van der Waals surface area (Å²) in [6, 6.07) is 16.5. The molecule has 0 spiro atoms. The summed E-state index contributed by atoms with van der Waals surface area (Å²) in [5.41, 5.74) is 1.08. The van der Waals surface area contributed by atoms with Gasteiger partial charge in [0.1, 0.15) is 24.6 Å². The predicted octanol–water partition coefficient (Wildman–Crippen LogP) is 3.80. The van der Waals surface area contributed by atoms with Crippen molar-refractivity contribution in [3.63, 3.8) is 0 Å². The van der Waals surface area contributed by atoms with Crippen molar-refractivity contribution < 1.29 is 28.2 Å². The van der Waals surface area contributed by atoms with Crippen molar-refractivity contribution in [2.45, 2.75) is 24.6 Å². The molecule has 0 bridgehead atoms. The van der Waals surface area contributed by atoms with E-state index in [-0.39, 0.29) is 28.5 Å². The molecule has 178 valence electrons. The fourth-order valence-electron chi connectivity index (χ4n) is 3.78. The summed E-state index contributed by atoms with van der Waals surface area (Å²) in [6.45, 7) is -0.347. The van der Waals surface area contributed by atoms with Crippen LogP contribution >= 0.6 is 11.6 Å². The molecule has 35 heavy (non-hydrogen) atoms. The third-order valence-electron chi connectivity index (χ3n) is 5.50. The Labute approximate surface area is 203 Å². The second-order valence-corrected chi connectivity index (χ2v) is 8.06. The van der Waals surface area contributed by atoms with Crippen LogP contribution in [0.5, 0.6) is 0 Å². The molecule has 4 aromatic rings. The minimum atomic E-state index is -1.82. The minimum absolute atomic E-state index is 0.0996. The van der Waals surface area contributed by atoms with E-state index in [1.807, 2.05) is 0 Å². The lowest BCUT2D eigenvalue weighted by Gasteiger charge is -2.19. The highest BCUT2D eigenvalue weighted by molar-refractivity contribution is 6.33. The molecule has 5 rings (SSSR count). The van der Waals surface area contributed by atoms with E-state index in [1.165, 1.54) is 17.2 Å². The molecule has 11 heteroatoms. The van der Waals surface area contributed by atoms with Gasteiger partial charge in [-0.05, 0) is 24.3 Å². The summed E-state index contributed by atoms with van der Waals surface area (Å²) in [7, 11) is 0. The maximum absolute atomic E-state index is 15.8. The van der Waals surface area contributed by atoms with Gasteiger partial charge in [-0.3, -0.25) is 4.57 Å². The molecule has 1 fully saturated rings. The molecule has 9 nitrogen and oxygen atoms in total. The fraction of sp³-hybridized carbons (Fsp3) is 0.208. The molecule has 1 saturated heterocycles. The second kappa shape index (κ2) is 9.77. The predicted molar refractivity (Wildman–Crippen MR) is 122 cm³/mol. The van der Waals surface area contributed by atoms with Crippen LogP contribution < -0.4 is 0 Å². The largest absolute Gasteiger partial charge is 0.459 e. The van der Waals surface area contributed by atoms with E-state index in [0.717, 1.165) is 0 Å². The van der Waals surface area contributed by atoms with Gasteiger partial charge >= 0.3 is 11.9 Å². The van der Waals surface area contributed by atoms with E-state index < -0.39 is 36.5 Å². The Bertz CT molecular complexity index is 1350. The number of fused-ring (bicyclic) bond motifs is 1. The summed E-state index contributed by atoms with van der Waals surface area (Å²) in [5.74, 6) is -1.35. The molecule has 2 aromatic heterocycles. The van der Waals surface area contributed by atoms with Gasteiger partial charge in [-0.2, -0.15) is 0 Å². The number of nitrogens with zero attached hydrogens (tertiary/aromatic N) is 4. The molecular weight excluding hydrogens is 479 g/mol. The van der Waals surface area contributed by atoms with Crippen LogP contribution in [0.4, 0.5) is 4.39 Å². The van der Waals surface area contributed by atoms with Gasteiger partial charge < -0.3 is 14.2 Å². The van der Waals surface area contributed by atoms with Crippen LogP contribution in [-0.4, -0.2) is 56.4 Å². The van der Waals surface area contributed by atoms with Crippen LogP contribution in [0.2, 0.25) is 5.15 Å². The molecular formula is C24H18ClFN4O5. The second-order valence-electron chi connectivity index (χ2n) is 7.70. The van der Waals surface area contributed by atoms with Gasteiger partial charge in [0.15, 0.2) is 29.3 Å². The van der Waals surface area contributed by atoms with Gasteiger partial charge in [-0.15, -0.1) is 0 Å². The SMILES string of the molecule is O=C(OC[C@H]1O[C@@H](n2cnc3c(Cl)ncnc32)[C@H](F)[C@@H]1OC(=O)c1ccccc1)c1ccccc1. The lowest BCUT2D eigenvalue weighted by Crippen LogP contribution is -2.37. The number of rotatable bonds is 6. The van der Waals surface area contributed by atoms with Crippen molar-refractivity contribution in [3.8, 4) is 0 Å². The zero-order valence-electron chi connectivity index (χ0n) is 18.0. The number of halogens is 2. The average Bonchev–Trinajstić information content (AvgIpc) is 3.45. The molecule has 1 aliphatic heterocycles. The van der Waals surface area contributed by atoms with Gasteiger partial charge in [0.2, 0.25) is 0 Å². The van der Waals surface area contributed by atoms with Crippen molar-refractivity contribution in [2.24, 2.45) is 0 Å². The summed E-state index contributed by atoms with van der Waals surface area (Å²) in [5, 5.41) is 0.0996. The first kappa shape index (κ1) is 22.9. The molecule has 0 aliphatic carbocycles. The highest BCUT2D eigenvalue weighted by Gasteiger charge is 2.49. The van der Waals surface area contributed by atoms with Gasteiger partial charge in [0.05, 0.1) is 17.5 Å². The van der Waals surface area contributed by atoms with E-state index in [1.54, 1.807) is 60.7 Å². The first-order chi connectivity index (χ1) is 17.0. The van der Waals surface area contributed by atoms with Gasteiger partial charge in [-0.1, -0.05) is 48.0 Å². The van der Waals surface area contributed by atoms with Crippen molar-refractivity contribution in [3.05, 3.63) is 89.6 Å². The fourth-order valence-corrected chi connectivity index (χ4v) is 3.96. The highest BCUT2D eigenvalue weighted by Crippen LogP contribution is 2.36. The van der Waals surface area contributed by atoms with E-state index in [0.29, 0.717) is 5.56 Å². The lowest BCUT2D eigenvalue weighted by atomic mass is 10.1. The molecule has 0 radical (unpaired) electrons. The van der Waals surface area contributed by atoms with Gasteiger partial charge in [0.25, 0.3) is 0 Å². The molecule has 3 heterocycles. The molecule has 2 aromatic carbocycles. The monoisotopic (exact) mass is 496 g/mol. The standard InChI is InChI=1S/C24H18ClFN4O5/c25-20-18-21(28-12-27-20)30(13-29-18)22-17(26)19(35-24(32)15-9-5-2-6-10-15)16(34-22)11-33-23(31)14-7-3-1-4-8-14/h1-10,12-13,16-17,19,22H,11H2/t16-,17-,19-,22-/m1/s1. The van der Waals surface area contributed by atoms with E-state index >= 15 is 4.39 Å². The molecule has 0 unspecified atom stereocenters. The third kappa shape index (κ3) is 4.58. The zero-order chi connectivity index (χ0) is 24.4. The number of hydrogen-bond acceptors (Lipinski definition) is 8. The summed E-state index contributed by atoms with van der Waals surface area (Å²) < 4.78 is 33.8. The van der Waals surface area contributed by atoms with Gasteiger partial charge in [-0.25, -0.2) is 28.9 Å². The number of ether oxygens (including phenoxy) is 3. The Morgan fingerprint density at radius 1 is 0.971 bits per heavy atom. The Hall–Kier alpha value is -3.89. The number of alkyl halides is 1. The maximum atomic E-state index is 15.8. The number of imidazole rings is 1. The van der Waals surface area contributed by atoms with E-state index in [2.05, 4.69) is 15.0 Å². The number of aromatic nitrogens is 4. The van der Waals surface area contributed by atoms with Crippen LogP contribution in [0.3, 0.4) is 0 Å². The summed E-state index contributed by atoms with van der Waals surface area (Å²) in [6.07, 6.45) is -3.01. The Morgan fingerprint density at radius 2 is 1.63 bits per heavy atom. The maximum Gasteiger partial charge on any atom is 0.338 e. The minimum Gasteiger partial charge on any atom is -0.459 e. The van der Waals surface area contributed by atoms with Crippen molar-refractivity contribution >= 4 is 34.7 Å². The molecule has 4 atom stereocenters. The average molecular weight is 497 g/mol. The third-order valence-corrected chi connectivity index (χ3v) is 5.77. The Kier molecular flexibility index (Phi) is 6.39. The Morgan fingerprint density at radius 3 is 2.31 bits per heavy atom. The van der Waals surface area contributed by atoms with Crippen LogP contribution in [0.25, 0.3) is 11.2 Å². The zero-order valence-corrected chi connectivity index (χ0v) is 18.8. The van der Waals surface area contributed by atoms with Crippen molar-refractivity contribution in [1.82, 2.24) is 19.5 Å². The van der Waals surface area contributed by atoms with Crippen LogP contribution in [0.15, 0.2) is 73.3 Å².